The highest BCUT2D eigenvalue weighted by Gasteiger charge is 2.56. The van der Waals surface area contributed by atoms with Crippen molar-refractivity contribution in [3.63, 3.8) is 0 Å². The number of carbonyl (C=O) groups excluding carboxylic acids is 3. The molecule has 106 valence electrons. The van der Waals surface area contributed by atoms with E-state index < -0.39 is 23.3 Å². The minimum absolute atomic E-state index is 0.151. The summed E-state index contributed by atoms with van der Waals surface area (Å²) in [5.74, 6) is 4.65. The Hall–Kier alpha value is -2.09. The summed E-state index contributed by atoms with van der Waals surface area (Å²) in [7, 11) is 1.39. The lowest BCUT2D eigenvalue weighted by atomic mass is 9.69. The second-order valence-corrected chi connectivity index (χ2v) is 5.09. The molecule has 0 aromatic heterocycles. The maximum atomic E-state index is 12.6. The SMILES string of the molecule is CCC#CCC1(C2C=CCC2)C(=O)NC(=O)N(C)C1=O. The summed E-state index contributed by atoms with van der Waals surface area (Å²) in [4.78, 5) is 37.5. The van der Waals surface area contributed by atoms with Gasteiger partial charge in [-0.25, -0.2) is 4.79 Å². The van der Waals surface area contributed by atoms with Crippen LogP contribution in [0.2, 0.25) is 0 Å². The Morgan fingerprint density at radius 3 is 2.75 bits per heavy atom. The van der Waals surface area contributed by atoms with Gasteiger partial charge in [-0.15, -0.1) is 11.8 Å². The molecule has 5 nitrogen and oxygen atoms in total. The van der Waals surface area contributed by atoms with Gasteiger partial charge in [0.15, 0.2) is 0 Å². The van der Waals surface area contributed by atoms with E-state index in [9.17, 15) is 14.4 Å². The Balaban J connectivity index is 2.43. The molecule has 0 spiro atoms. The number of rotatable bonds is 2. The highest BCUT2D eigenvalue weighted by Crippen LogP contribution is 2.42. The van der Waals surface area contributed by atoms with Crippen LogP contribution >= 0.6 is 0 Å². The van der Waals surface area contributed by atoms with E-state index in [1.807, 2.05) is 19.1 Å². The van der Waals surface area contributed by atoms with Gasteiger partial charge < -0.3 is 0 Å². The van der Waals surface area contributed by atoms with Crippen LogP contribution in [0.5, 0.6) is 0 Å². The number of allylic oxidation sites excluding steroid dienone is 2. The van der Waals surface area contributed by atoms with E-state index in [0.717, 1.165) is 17.7 Å². The van der Waals surface area contributed by atoms with Crippen LogP contribution in [0, 0.1) is 23.2 Å². The van der Waals surface area contributed by atoms with Crippen LogP contribution < -0.4 is 5.32 Å². The van der Waals surface area contributed by atoms with Gasteiger partial charge in [-0.3, -0.25) is 19.8 Å². The molecule has 0 aromatic carbocycles. The van der Waals surface area contributed by atoms with Crippen molar-refractivity contribution < 1.29 is 14.4 Å². The van der Waals surface area contributed by atoms with Crippen LogP contribution in [0.3, 0.4) is 0 Å². The van der Waals surface area contributed by atoms with Gasteiger partial charge in [0.2, 0.25) is 11.8 Å². The van der Waals surface area contributed by atoms with E-state index in [4.69, 9.17) is 0 Å². The molecule has 20 heavy (non-hydrogen) atoms. The first-order valence-corrected chi connectivity index (χ1v) is 6.80. The lowest BCUT2D eigenvalue weighted by Crippen LogP contribution is -2.64. The number of hydrogen-bond donors (Lipinski definition) is 1. The van der Waals surface area contributed by atoms with Crippen molar-refractivity contribution >= 4 is 17.8 Å². The minimum atomic E-state index is -1.27. The number of amides is 4. The molecule has 2 atom stereocenters. The van der Waals surface area contributed by atoms with Gasteiger partial charge in [0, 0.05) is 25.8 Å². The highest BCUT2D eigenvalue weighted by atomic mass is 16.2. The van der Waals surface area contributed by atoms with E-state index >= 15 is 0 Å². The molecule has 1 saturated heterocycles. The van der Waals surface area contributed by atoms with Gasteiger partial charge in [-0.1, -0.05) is 19.1 Å². The summed E-state index contributed by atoms with van der Waals surface area (Å²) in [5, 5.41) is 2.28. The second kappa shape index (κ2) is 5.49. The maximum Gasteiger partial charge on any atom is 0.330 e. The first-order valence-electron chi connectivity index (χ1n) is 6.80. The van der Waals surface area contributed by atoms with Crippen molar-refractivity contribution in [2.75, 3.05) is 7.05 Å². The second-order valence-electron chi connectivity index (χ2n) is 5.09. The smallest absolute Gasteiger partial charge is 0.277 e. The zero-order valence-electron chi connectivity index (χ0n) is 11.7. The summed E-state index contributed by atoms with van der Waals surface area (Å²) < 4.78 is 0. The number of barbiturate groups is 1. The monoisotopic (exact) mass is 274 g/mol. The number of nitrogens with one attached hydrogen (secondary N) is 1. The number of hydrogen-bond acceptors (Lipinski definition) is 3. The molecule has 1 heterocycles. The molecule has 1 N–H and O–H groups in total. The van der Waals surface area contributed by atoms with Crippen molar-refractivity contribution in [1.82, 2.24) is 10.2 Å². The van der Waals surface area contributed by atoms with Gasteiger partial charge in [-0.2, -0.15) is 0 Å². The van der Waals surface area contributed by atoms with Gasteiger partial charge in [0.1, 0.15) is 5.41 Å². The Bertz CT molecular complexity index is 541. The topological polar surface area (TPSA) is 66.5 Å². The third-order valence-corrected chi connectivity index (χ3v) is 3.93. The number of nitrogens with zero attached hydrogens (tertiary/aromatic N) is 1. The summed E-state index contributed by atoms with van der Waals surface area (Å²) in [5.41, 5.74) is -1.27. The average molecular weight is 274 g/mol. The van der Waals surface area contributed by atoms with E-state index in [2.05, 4.69) is 17.2 Å². The first-order chi connectivity index (χ1) is 9.54. The van der Waals surface area contributed by atoms with Crippen LogP contribution in [0.25, 0.3) is 0 Å². The fraction of sp³-hybridized carbons (Fsp3) is 0.533. The molecule has 2 aliphatic rings. The van der Waals surface area contributed by atoms with E-state index in [0.29, 0.717) is 6.42 Å². The zero-order valence-corrected chi connectivity index (χ0v) is 11.7. The molecule has 0 aromatic rings. The number of imide groups is 2. The standard InChI is InChI=1S/C15H18N2O3/c1-3-4-7-10-15(11-8-5-6-9-11)12(18)16-14(20)17(2)13(15)19/h5,8,11H,3,6,9-10H2,1-2H3,(H,16,18,20). The van der Waals surface area contributed by atoms with Crippen LogP contribution in [0.4, 0.5) is 4.79 Å². The predicted octanol–water partition coefficient (Wildman–Crippen LogP) is 1.45. The van der Waals surface area contributed by atoms with Gasteiger partial charge >= 0.3 is 6.03 Å². The third-order valence-electron chi connectivity index (χ3n) is 3.93. The van der Waals surface area contributed by atoms with Crippen molar-refractivity contribution in [1.29, 1.82) is 0 Å². The van der Waals surface area contributed by atoms with Crippen molar-refractivity contribution in [3.05, 3.63) is 12.2 Å². The largest absolute Gasteiger partial charge is 0.330 e. The fourth-order valence-corrected chi connectivity index (χ4v) is 2.77. The summed E-state index contributed by atoms with van der Waals surface area (Å²) in [6.07, 6.45) is 6.26. The molecule has 2 unspecified atom stereocenters. The Morgan fingerprint density at radius 1 is 1.40 bits per heavy atom. The van der Waals surface area contributed by atoms with Crippen LogP contribution in [-0.4, -0.2) is 29.8 Å². The van der Waals surface area contributed by atoms with E-state index in [1.54, 1.807) is 0 Å². The van der Waals surface area contributed by atoms with E-state index in [-0.39, 0.29) is 12.3 Å². The van der Waals surface area contributed by atoms with Gasteiger partial charge in [0.25, 0.3) is 0 Å². The zero-order chi connectivity index (χ0) is 14.8. The molecule has 1 aliphatic heterocycles. The van der Waals surface area contributed by atoms with Crippen molar-refractivity contribution in [2.45, 2.75) is 32.6 Å². The van der Waals surface area contributed by atoms with Gasteiger partial charge in [-0.05, 0) is 12.8 Å². The van der Waals surface area contributed by atoms with E-state index in [1.165, 1.54) is 7.05 Å². The molecule has 0 saturated carbocycles. The number of urea groups is 1. The quantitative estimate of drug-likeness (QED) is 0.471. The Labute approximate surface area is 118 Å². The average Bonchev–Trinajstić information content (AvgIpc) is 2.95. The summed E-state index contributed by atoms with van der Waals surface area (Å²) in [6, 6.07) is -0.666. The number of carbonyl (C=O) groups is 3. The van der Waals surface area contributed by atoms with Gasteiger partial charge in [0.05, 0.1) is 0 Å². The molecule has 0 bridgehead atoms. The van der Waals surface area contributed by atoms with Crippen LogP contribution in [-0.2, 0) is 9.59 Å². The molecule has 4 amide bonds. The molecule has 2 rings (SSSR count). The summed E-state index contributed by atoms with van der Waals surface area (Å²) >= 11 is 0. The molecule has 0 radical (unpaired) electrons. The third kappa shape index (κ3) is 2.11. The normalized spacial score (nSPS) is 29.2. The fourth-order valence-electron chi connectivity index (χ4n) is 2.77. The lowest BCUT2D eigenvalue weighted by Gasteiger charge is -2.40. The predicted molar refractivity (Wildman–Crippen MR) is 73.3 cm³/mol. The Morgan fingerprint density at radius 2 is 2.15 bits per heavy atom. The van der Waals surface area contributed by atoms with Crippen LogP contribution in [0.1, 0.15) is 32.6 Å². The molecular weight excluding hydrogens is 256 g/mol. The lowest BCUT2D eigenvalue weighted by molar-refractivity contribution is -0.153. The van der Waals surface area contributed by atoms with Crippen molar-refractivity contribution in [3.8, 4) is 11.8 Å². The molecule has 1 fully saturated rings. The minimum Gasteiger partial charge on any atom is -0.277 e. The van der Waals surface area contributed by atoms with Crippen molar-refractivity contribution in [2.24, 2.45) is 11.3 Å². The molecule has 1 aliphatic carbocycles. The molecule has 5 heteroatoms. The summed E-state index contributed by atoms with van der Waals surface area (Å²) in [6.45, 7) is 1.91. The molecular formula is C15H18N2O3. The van der Waals surface area contributed by atoms with Crippen LogP contribution in [0.15, 0.2) is 12.2 Å². The first kappa shape index (κ1) is 14.3. The highest BCUT2D eigenvalue weighted by molar-refractivity contribution is 6.19. The Kier molecular flexibility index (Phi) is 3.93. The maximum absolute atomic E-state index is 12.6.